The molecule has 0 spiro atoms. The number of hydrogen-bond acceptors (Lipinski definition) is 3. The van der Waals surface area contributed by atoms with Crippen molar-refractivity contribution < 1.29 is 14.7 Å². The number of fused-ring (bicyclic) bond motifs is 6. The molecule has 144 valence electrons. The molecule has 2 radical (unpaired) electrons. The van der Waals surface area contributed by atoms with E-state index in [2.05, 4.69) is 23.2 Å². The molecule has 3 aliphatic heterocycles. The van der Waals surface area contributed by atoms with Gasteiger partial charge in [0, 0.05) is 0 Å². The molecule has 6 nitrogen and oxygen atoms in total. The minimum absolute atomic E-state index is 0.0587. The van der Waals surface area contributed by atoms with Gasteiger partial charge in [0.15, 0.2) is 0 Å². The molecule has 0 bridgehead atoms. The van der Waals surface area contributed by atoms with E-state index in [1.807, 2.05) is 36.5 Å². The zero-order valence-electron chi connectivity index (χ0n) is 15.8. The van der Waals surface area contributed by atoms with Crippen molar-refractivity contribution in [2.45, 2.75) is 21.6 Å². The first kappa shape index (κ1) is 17.5. The zero-order valence-corrected chi connectivity index (χ0v) is 18.6. The van der Waals surface area contributed by atoms with Gasteiger partial charge in [0.05, 0.1) is 0 Å². The second kappa shape index (κ2) is 5.86. The summed E-state index contributed by atoms with van der Waals surface area (Å²) in [5.41, 5.74) is 2.32. The predicted molar refractivity (Wildman–Crippen MR) is 109 cm³/mol. The first-order chi connectivity index (χ1) is 14.0. The van der Waals surface area contributed by atoms with Gasteiger partial charge in [0.25, 0.3) is 0 Å². The van der Waals surface area contributed by atoms with E-state index in [9.17, 15) is 14.7 Å². The van der Waals surface area contributed by atoms with E-state index in [-0.39, 0.29) is 22.4 Å². The summed E-state index contributed by atoms with van der Waals surface area (Å²) in [5, 5.41) is 12.8. The van der Waals surface area contributed by atoms with Gasteiger partial charge < -0.3 is 0 Å². The average molecular weight is 492 g/mol. The van der Waals surface area contributed by atoms with Crippen LogP contribution in [0.4, 0.5) is 0 Å². The molecule has 4 heterocycles. The van der Waals surface area contributed by atoms with Gasteiger partial charge in [-0.1, -0.05) is 0 Å². The maximum atomic E-state index is 13.1. The Hall–Kier alpha value is -2.32. The Morgan fingerprint density at radius 2 is 1.86 bits per heavy atom. The molecule has 6 rings (SSSR count). The second-order valence-corrected chi connectivity index (χ2v) is 12.0. The van der Waals surface area contributed by atoms with Crippen LogP contribution in [0.15, 0.2) is 54.7 Å². The standard InChI is InChI=1S/C22H19N3O3.Sn/c1-24-12-18(26)25-13-22(14-7-3-2-4-8-14,20(27)19(25)21(24)28)16-11-23-17-10-6-5-9-15(16)17;/h2-7,9-11,13,19-20,23,27H,12H2,1H3;/t19-,20+,22-;/m0./s1. The summed E-state index contributed by atoms with van der Waals surface area (Å²) in [5.74, 6) is -0.223. The van der Waals surface area contributed by atoms with Crippen molar-refractivity contribution in [1.82, 2.24) is 14.8 Å². The molecular formula is C22H19N3O3Sn. The predicted octanol–water partition coefficient (Wildman–Crippen LogP) is 0.167. The molecule has 0 unspecified atom stereocenters. The van der Waals surface area contributed by atoms with Gasteiger partial charge in [0.1, 0.15) is 0 Å². The quantitative estimate of drug-likeness (QED) is 0.476. The summed E-state index contributed by atoms with van der Waals surface area (Å²) in [4.78, 5) is 32.7. The molecule has 2 N–H and O–H groups in total. The number of aliphatic hydroxyl groups is 1. The fraction of sp³-hybridized carbons (Fsp3) is 0.273. The van der Waals surface area contributed by atoms with Gasteiger partial charge in [-0.3, -0.25) is 0 Å². The van der Waals surface area contributed by atoms with E-state index >= 15 is 0 Å². The van der Waals surface area contributed by atoms with Gasteiger partial charge in [-0.15, -0.1) is 0 Å². The van der Waals surface area contributed by atoms with E-state index in [0.717, 1.165) is 22.0 Å². The number of rotatable bonds is 1. The van der Waals surface area contributed by atoms with Gasteiger partial charge in [-0.05, 0) is 0 Å². The Bertz CT molecular complexity index is 1190. The summed E-state index contributed by atoms with van der Waals surface area (Å²) in [6.07, 6.45) is 0.995. The van der Waals surface area contributed by atoms with Gasteiger partial charge in [-0.25, -0.2) is 0 Å². The number of carbonyl (C=O) groups is 2. The molecule has 4 atom stereocenters. The number of benzene rings is 2. The first-order valence-electron chi connectivity index (χ1n) is 9.72. The minimum atomic E-state index is -1.28. The van der Waals surface area contributed by atoms with E-state index < -0.39 is 38.7 Å². The van der Waals surface area contributed by atoms with Gasteiger partial charge >= 0.3 is 178 Å². The van der Waals surface area contributed by atoms with Crippen LogP contribution in [0, 0.1) is 0 Å². The van der Waals surface area contributed by atoms with Crippen LogP contribution in [0.5, 0.6) is 0 Å². The first-order valence-corrected chi connectivity index (χ1v) is 12.8. The molecular weight excluding hydrogens is 473 g/mol. The Labute approximate surface area is 177 Å². The van der Waals surface area contributed by atoms with Gasteiger partial charge in [-0.2, -0.15) is 0 Å². The van der Waals surface area contributed by atoms with Crippen molar-refractivity contribution in [2.24, 2.45) is 0 Å². The van der Waals surface area contributed by atoms with Crippen molar-refractivity contribution in [2.75, 3.05) is 13.6 Å². The molecule has 2 amide bonds. The molecule has 3 aromatic rings. The number of nitrogens with zero attached hydrogens (tertiary/aromatic N) is 2. The number of amides is 2. The number of piperazine rings is 1. The molecule has 3 aliphatic rings. The molecule has 1 aromatic heterocycles. The van der Waals surface area contributed by atoms with Crippen molar-refractivity contribution >= 4 is 47.4 Å². The van der Waals surface area contributed by atoms with Gasteiger partial charge in [0.2, 0.25) is 0 Å². The van der Waals surface area contributed by atoms with Crippen molar-refractivity contribution in [3.05, 3.63) is 65.9 Å². The summed E-state index contributed by atoms with van der Waals surface area (Å²) >= 11 is -1.28. The number of nitrogens with one attached hydrogen (secondary N) is 1. The van der Waals surface area contributed by atoms with Crippen LogP contribution in [-0.4, -0.2) is 82.6 Å². The summed E-state index contributed by atoms with van der Waals surface area (Å²) < 4.78 is 1.18. The number of H-pyrrole nitrogens is 1. The summed E-state index contributed by atoms with van der Waals surface area (Å²) in [7, 11) is 1.64. The summed E-state index contributed by atoms with van der Waals surface area (Å²) in [6, 6.07) is 15.5. The van der Waals surface area contributed by atoms with Crippen LogP contribution in [0.2, 0.25) is 0 Å². The fourth-order valence-electron chi connectivity index (χ4n) is 5.56. The second-order valence-electron chi connectivity index (χ2n) is 8.09. The number of para-hydroxylation sites is 1. The third-order valence-electron chi connectivity index (χ3n) is 6.76. The Balaban J connectivity index is 1.68. The molecule has 29 heavy (non-hydrogen) atoms. The summed E-state index contributed by atoms with van der Waals surface area (Å²) in [6.45, 7) is 0.0816. The van der Waals surface area contributed by atoms with Crippen LogP contribution < -0.4 is 3.58 Å². The Morgan fingerprint density at radius 3 is 2.72 bits per heavy atom. The molecule has 0 aliphatic carbocycles. The maximum absolute atomic E-state index is 13.1. The number of aliphatic hydroxyl groups excluding tert-OH is 1. The third-order valence-corrected chi connectivity index (χ3v) is 11.8. The number of likely N-dealkylation sites (N-methyl/N-ethyl adjacent to an activating group) is 1. The fourth-order valence-corrected chi connectivity index (χ4v) is 11.5. The van der Waals surface area contributed by atoms with Crippen LogP contribution in [0.3, 0.4) is 0 Å². The van der Waals surface area contributed by atoms with Crippen LogP contribution in [-0.2, 0) is 15.0 Å². The molecule has 2 aromatic carbocycles. The van der Waals surface area contributed by atoms with Crippen molar-refractivity contribution in [3.63, 3.8) is 0 Å². The van der Waals surface area contributed by atoms with Crippen molar-refractivity contribution in [1.29, 1.82) is 0 Å². The molecule has 0 saturated carbocycles. The SMILES string of the molecule is CN1CC(=O)N2[C@H](C1=O)[C@@H](O)[C@]1(c3c[nH]c4ccccc34)c3cccc[c]3[Sn][C@H]21. The average Bonchev–Trinajstić information content (AvgIpc) is 3.36. The third kappa shape index (κ3) is 2.01. The van der Waals surface area contributed by atoms with Crippen molar-refractivity contribution in [3.8, 4) is 0 Å². The number of aromatic amines is 1. The molecule has 7 heteroatoms. The Morgan fingerprint density at radius 1 is 1.10 bits per heavy atom. The van der Waals surface area contributed by atoms with Crippen LogP contribution >= 0.6 is 0 Å². The van der Waals surface area contributed by atoms with E-state index in [1.54, 1.807) is 11.9 Å². The van der Waals surface area contributed by atoms with E-state index in [4.69, 9.17) is 0 Å². The topological polar surface area (TPSA) is 76.6 Å². The van der Waals surface area contributed by atoms with Crippen LogP contribution in [0.1, 0.15) is 11.1 Å². The zero-order chi connectivity index (χ0) is 19.9. The van der Waals surface area contributed by atoms with Crippen LogP contribution in [0.25, 0.3) is 10.9 Å². The van der Waals surface area contributed by atoms with E-state index in [0.29, 0.717) is 0 Å². The number of aromatic nitrogens is 1. The monoisotopic (exact) mass is 493 g/mol. The molecule has 2 saturated heterocycles. The number of hydrogen-bond donors (Lipinski definition) is 2. The Kier molecular flexibility index (Phi) is 3.54. The number of carbonyl (C=O) groups excluding carboxylic acids is 2. The normalized spacial score (nSPS) is 30.6. The molecule has 2 fully saturated rings. The van der Waals surface area contributed by atoms with E-state index in [1.165, 1.54) is 8.48 Å².